The Kier molecular flexibility index (Phi) is 1.19. The summed E-state index contributed by atoms with van der Waals surface area (Å²) >= 11 is 5.94. The molecule has 1 saturated carbocycles. The van der Waals surface area contributed by atoms with Gasteiger partial charge in [-0.05, 0) is 13.3 Å². The van der Waals surface area contributed by atoms with Gasteiger partial charge in [0.2, 0.25) is 0 Å². The van der Waals surface area contributed by atoms with Crippen LogP contribution in [-0.2, 0) is 0 Å². The van der Waals surface area contributed by atoms with Crippen LogP contribution in [0.2, 0.25) is 0 Å². The lowest BCUT2D eigenvalue weighted by Gasteiger charge is -2.50. The molecule has 0 aromatic rings. The van der Waals surface area contributed by atoms with Crippen molar-refractivity contribution in [1.82, 2.24) is 0 Å². The lowest BCUT2D eigenvalue weighted by Crippen LogP contribution is -2.59. The normalized spacial score (nSPS) is 58.1. The van der Waals surface area contributed by atoms with Crippen LogP contribution in [0.5, 0.6) is 0 Å². The predicted molar refractivity (Wildman–Crippen MR) is 41.0 cm³/mol. The Balaban J connectivity index is 2.20. The van der Waals surface area contributed by atoms with Crippen LogP contribution in [0.1, 0.15) is 13.3 Å². The third kappa shape index (κ3) is 0.578. The largest absolute Gasteiger partial charge is 0.388 e. The van der Waals surface area contributed by atoms with Crippen LogP contribution in [0.3, 0.4) is 0 Å². The van der Waals surface area contributed by atoms with E-state index in [-0.39, 0.29) is 5.38 Å². The molecule has 2 aliphatic rings. The molecule has 0 amide bonds. The minimum atomic E-state index is -0.615. The fourth-order valence-corrected chi connectivity index (χ4v) is 2.50. The van der Waals surface area contributed by atoms with Gasteiger partial charge >= 0.3 is 0 Å². The van der Waals surface area contributed by atoms with Gasteiger partial charge in [0.1, 0.15) is 0 Å². The van der Waals surface area contributed by atoms with E-state index in [0.29, 0.717) is 11.8 Å². The maximum atomic E-state index is 9.68. The van der Waals surface area contributed by atoms with Crippen LogP contribution in [0.4, 0.5) is 0 Å². The number of fused-ring (bicyclic) bond motifs is 1. The van der Waals surface area contributed by atoms with Gasteiger partial charge in [0.05, 0.1) is 11.0 Å². The maximum absolute atomic E-state index is 9.68. The summed E-state index contributed by atoms with van der Waals surface area (Å²) in [4.78, 5) is 0. The predicted octanol–water partition coefficient (Wildman–Crippen LogP) is 1.55. The van der Waals surface area contributed by atoms with E-state index >= 15 is 0 Å². The molecule has 2 heteroatoms. The van der Waals surface area contributed by atoms with Crippen LogP contribution >= 0.6 is 11.6 Å². The Morgan fingerprint density at radius 3 is 3.00 bits per heavy atom. The van der Waals surface area contributed by atoms with Crippen LogP contribution < -0.4 is 0 Å². The molecule has 0 saturated heterocycles. The van der Waals surface area contributed by atoms with Crippen molar-refractivity contribution in [2.45, 2.75) is 24.3 Å². The molecular weight excluding hydrogens is 148 g/mol. The topological polar surface area (TPSA) is 20.2 Å². The van der Waals surface area contributed by atoms with Crippen LogP contribution in [0.25, 0.3) is 0 Å². The third-order valence-corrected chi connectivity index (χ3v) is 3.59. The van der Waals surface area contributed by atoms with Crippen molar-refractivity contribution in [1.29, 1.82) is 0 Å². The van der Waals surface area contributed by atoms with Crippen molar-refractivity contribution >= 4 is 11.6 Å². The van der Waals surface area contributed by atoms with Gasteiger partial charge in [-0.25, -0.2) is 0 Å². The fraction of sp³-hybridized carbons (Fsp3) is 0.750. The first-order valence-electron chi connectivity index (χ1n) is 3.67. The minimum Gasteiger partial charge on any atom is -0.388 e. The average Bonchev–Trinajstić information content (AvgIpc) is 2.31. The van der Waals surface area contributed by atoms with E-state index in [1.165, 1.54) is 0 Å². The molecule has 1 nitrogen and oxygen atoms in total. The number of hydrogen-bond donors (Lipinski definition) is 1. The lowest BCUT2D eigenvalue weighted by atomic mass is 9.63. The molecule has 2 rings (SSSR count). The van der Waals surface area contributed by atoms with Gasteiger partial charge in [-0.15, -0.1) is 11.6 Å². The van der Waals surface area contributed by atoms with Gasteiger partial charge in [0, 0.05) is 11.8 Å². The first-order chi connectivity index (χ1) is 4.64. The molecule has 0 spiro atoms. The highest BCUT2D eigenvalue weighted by Crippen LogP contribution is 2.52. The summed E-state index contributed by atoms with van der Waals surface area (Å²) in [6, 6.07) is 0. The Hall–Kier alpha value is -0.0100. The molecule has 0 radical (unpaired) electrons. The van der Waals surface area contributed by atoms with E-state index in [9.17, 15) is 5.11 Å². The van der Waals surface area contributed by atoms with Gasteiger partial charge in [-0.3, -0.25) is 0 Å². The number of alkyl halides is 1. The van der Waals surface area contributed by atoms with Crippen molar-refractivity contribution in [3.63, 3.8) is 0 Å². The van der Waals surface area contributed by atoms with E-state index in [1.54, 1.807) is 0 Å². The quantitative estimate of drug-likeness (QED) is 0.419. The minimum absolute atomic E-state index is 0.0590. The van der Waals surface area contributed by atoms with Crippen molar-refractivity contribution in [3.05, 3.63) is 12.2 Å². The van der Waals surface area contributed by atoms with Crippen LogP contribution in [-0.4, -0.2) is 16.1 Å². The molecule has 56 valence electrons. The summed E-state index contributed by atoms with van der Waals surface area (Å²) in [7, 11) is 0. The highest BCUT2D eigenvalue weighted by atomic mass is 35.5. The zero-order valence-electron chi connectivity index (χ0n) is 5.92. The molecule has 10 heavy (non-hydrogen) atoms. The zero-order chi connectivity index (χ0) is 7.35. The number of rotatable bonds is 0. The number of halogens is 1. The maximum Gasteiger partial charge on any atom is 0.0825 e. The molecule has 4 unspecified atom stereocenters. The Bertz CT molecular complexity index is 186. The van der Waals surface area contributed by atoms with Gasteiger partial charge in [0.25, 0.3) is 0 Å². The molecular formula is C8H11ClO. The summed E-state index contributed by atoms with van der Waals surface area (Å²) < 4.78 is 0. The number of allylic oxidation sites excluding steroid dienone is 2. The van der Waals surface area contributed by atoms with Gasteiger partial charge in [-0.1, -0.05) is 12.2 Å². The van der Waals surface area contributed by atoms with Gasteiger partial charge in [0.15, 0.2) is 0 Å². The SMILES string of the molecule is CC1(O)C(Cl)C2C=CCC21. The van der Waals surface area contributed by atoms with E-state index < -0.39 is 5.60 Å². The number of hydrogen-bond acceptors (Lipinski definition) is 1. The molecule has 1 N–H and O–H groups in total. The van der Waals surface area contributed by atoms with Gasteiger partial charge < -0.3 is 5.11 Å². The summed E-state index contributed by atoms with van der Waals surface area (Å²) in [5.41, 5.74) is -0.615. The summed E-state index contributed by atoms with van der Waals surface area (Å²) in [6.45, 7) is 1.83. The second kappa shape index (κ2) is 1.77. The van der Waals surface area contributed by atoms with Crippen molar-refractivity contribution < 1.29 is 5.11 Å². The van der Waals surface area contributed by atoms with E-state index in [4.69, 9.17) is 11.6 Å². The number of aliphatic hydroxyl groups is 1. The summed E-state index contributed by atoms with van der Waals surface area (Å²) in [5, 5.41) is 9.62. The summed E-state index contributed by atoms with van der Waals surface area (Å²) in [6.07, 6.45) is 5.24. The first kappa shape index (κ1) is 6.68. The first-order valence-corrected chi connectivity index (χ1v) is 4.11. The zero-order valence-corrected chi connectivity index (χ0v) is 6.67. The molecule has 0 heterocycles. The van der Waals surface area contributed by atoms with Crippen molar-refractivity contribution in [2.75, 3.05) is 0 Å². The van der Waals surface area contributed by atoms with Gasteiger partial charge in [-0.2, -0.15) is 0 Å². The standard InChI is InChI=1S/C8H11ClO/c1-8(10)6-4-2-3-5(6)7(8)9/h2-3,5-7,10H,4H2,1H3. The molecule has 0 aliphatic heterocycles. The van der Waals surface area contributed by atoms with Crippen LogP contribution in [0, 0.1) is 11.8 Å². The van der Waals surface area contributed by atoms with Crippen LogP contribution in [0.15, 0.2) is 12.2 Å². The van der Waals surface area contributed by atoms with E-state index in [2.05, 4.69) is 12.2 Å². The molecule has 4 atom stereocenters. The van der Waals surface area contributed by atoms with Crippen molar-refractivity contribution in [2.24, 2.45) is 11.8 Å². The third-order valence-electron chi connectivity index (χ3n) is 2.86. The molecule has 0 bridgehead atoms. The molecule has 1 fully saturated rings. The van der Waals surface area contributed by atoms with Crippen molar-refractivity contribution in [3.8, 4) is 0 Å². The lowest BCUT2D eigenvalue weighted by molar-refractivity contribution is -0.0947. The molecule has 2 aliphatic carbocycles. The van der Waals surface area contributed by atoms with E-state index in [1.807, 2.05) is 6.92 Å². The second-order valence-electron chi connectivity index (χ2n) is 3.48. The molecule has 0 aromatic carbocycles. The fourth-order valence-electron chi connectivity index (χ4n) is 2.08. The Labute approximate surface area is 65.7 Å². The summed E-state index contributed by atoms with van der Waals surface area (Å²) in [5.74, 6) is 0.840. The highest BCUT2D eigenvalue weighted by molar-refractivity contribution is 6.22. The average molecular weight is 159 g/mol. The Morgan fingerprint density at radius 1 is 1.70 bits per heavy atom. The highest BCUT2D eigenvalue weighted by Gasteiger charge is 2.57. The second-order valence-corrected chi connectivity index (χ2v) is 3.95. The molecule has 0 aromatic heterocycles. The van der Waals surface area contributed by atoms with E-state index in [0.717, 1.165) is 6.42 Å². The Morgan fingerprint density at radius 2 is 2.40 bits per heavy atom. The monoisotopic (exact) mass is 158 g/mol. The smallest absolute Gasteiger partial charge is 0.0825 e.